The van der Waals surface area contributed by atoms with E-state index in [-0.39, 0.29) is 17.6 Å². The summed E-state index contributed by atoms with van der Waals surface area (Å²) in [5, 5.41) is 0. The molecular weight excluding hydrogens is 265 g/mol. The van der Waals surface area contributed by atoms with Crippen LogP contribution in [0.4, 0.5) is 10.1 Å². The van der Waals surface area contributed by atoms with Gasteiger partial charge in [-0.1, -0.05) is 13.0 Å². The lowest BCUT2D eigenvalue weighted by Crippen LogP contribution is -2.31. The van der Waals surface area contributed by atoms with E-state index in [9.17, 15) is 12.8 Å². The van der Waals surface area contributed by atoms with Gasteiger partial charge in [0.05, 0.1) is 11.4 Å². The largest absolute Gasteiger partial charge is 0.273 e. The molecule has 1 aromatic carbocycles. The molecule has 0 aliphatic heterocycles. The Morgan fingerprint density at radius 3 is 2.65 bits per heavy atom. The number of rotatable bonds is 5. The lowest BCUT2D eigenvalue weighted by atomic mass is 10.3. The van der Waals surface area contributed by atoms with Gasteiger partial charge in [0.25, 0.3) is 0 Å². The molecule has 17 heavy (non-hydrogen) atoms. The number of alkyl halides is 1. The smallest absolute Gasteiger partial charge is 0.235 e. The van der Waals surface area contributed by atoms with E-state index in [1.807, 2.05) is 0 Å². The van der Waals surface area contributed by atoms with Gasteiger partial charge in [0.1, 0.15) is 5.82 Å². The highest BCUT2D eigenvalue weighted by Crippen LogP contribution is 2.19. The monoisotopic (exact) mass is 279 g/mol. The molecule has 1 unspecified atom stereocenters. The van der Waals surface area contributed by atoms with E-state index in [0.717, 1.165) is 4.31 Å². The zero-order valence-corrected chi connectivity index (χ0v) is 11.3. The van der Waals surface area contributed by atoms with Gasteiger partial charge in [-0.3, -0.25) is 4.31 Å². The van der Waals surface area contributed by atoms with Crippen LogP contribution in [0.25, 0.3) is 0 Å². The van der Waals surface area contributed by atoms with Crippen molar-refractivity contribution in [1.82, 2.24) is 0 Å². The van der Waals surface area contributed by atoms with Crippen molar-refractivity contribution in [3.05, 3.63) is 30.1 Å². The summed E-state index contributed by atoms with van der Waals surface area (Å²) in [6.07, 6.45) is 0. The normalized spacial score (nSPS) is 13.4. The SMILES string of the molecule is CC(CCl)CS(=O)(=O)N(C)c1cccc(F)c1. The van der Waals surface area contributed by atoms with E-state index in [1.165, 1.54) is 25.2 Å². The summed E-state index contributed by atoms with van der Waals surface area (Å²) in [5.74, 6) is -0.382. The van der Waals surface area contributed by atoms with Crippen LogP contribution in [0.2, 0.25) is 0 Å². The molecule has 0 fully saturated rings. The first-order valence-electron chi connectivity index (χ1n) is 5.15. The van der Waals surface area contributed by atoms with Crippen LogP contribution in [0, 0.1) is 11.7 Å². The number of anilines is 1. The Morgan fingerprint density at radius 1 is 1.47 bits per heavy atom. The summed E-state index contributed by atoms with van der Waals surface area (Å²) < 4.78 is 38.0. The molecule has 96 valence electrons. The number of hydrogen-bond acceptors (Lipinski definition) is 2. The van der Waals surface area contributed by atoms with Gasteiger partial charge in [-0.15, -0.1) is 11.6 Å². The predicted molar refractivity (Wildman–Crippen MR) is 68.5 cm³/mol. The third-order valence-corrected chi connectivity index (χ3v) is 4.91. The van der Waals surface area contributed by atoms with Crippen molar-refractivity contribution in [2.45, 2.75) is 6.92 Å². The fourth-order valence-corrected chi connectivity index (χ4v) is 3.08. The molecule has 0 N–H and O–H groups in total. The van der Waals surface area contributed by atoms with Gasteiger partial charge in [0, 0.05) is 12.9 Å². The molecule has 0 amide bonds. The Bertz CT molecular complexity index is 478. The molecule has 6 heteroatoms. The maximum Gasteiger partial charge on any atom is 0.235 e. The minimum absolute atomic E-state index is 0.0521. The molecule has 0 aliphatic rings. The Kier molecular flexibility index (Phi) is 4.77. The third-order valence-electron chi connectivity index (χ3n) is 2.35. The second-order valence-corrected chi connectivity index (χ2v) is 6.34. The Hall–Kier alpha value is -0.810. The van der Waals surface area contributed by atoms with Crippen LogP contribution in [0.3, 0.4) is 0 Å². The van der Waals surface area contributed by atoms with Crippen molar-refractivity contribution in [3.63, 3.8) is 0 Å². The van der Waals surface area contributed by atoms with Crippen LogP contribution in [-0.2, 0) is 10.0 Å². The Morgan fingerprint density at radius 2 is 2.12 bits per heavy atom. The molecule has 0 saturated heterocycles. The lowest BCUT2D eigenvalue weighted by Gasteiger charge is -2.21. The van der Waals surface area contributed by atoms with E-state index in [4.69, 9.17) is 11.6 Å². The van der Waals surface area contributed by atoms with Gasteiger partial charge < -0.3 is 0 Å². The summed E-state index contributed by atoms with van der Waals surface area (Å²) in [7, 11) is -2.05. The summed E-state index contributed by atoms with van der Waals surface area (Å²) in [5.41, 5.74) is 0.312. The van der Waals surface area contributed by atoms with Crippen molar-refractivity contribution in [1.29, 1.82) is 0 Å². The second-order valence-electron chi connectivity index (χ2n) is 3.99. The Labute approximate surface area is 106 Å². The minimum atomic E-state index is -3.46. The van der Waals surface area contributed by atoms with Crippen molar-refractivity contribution in [2.24, 2.45) is 5.92 Å². The first kappa shape index (κ1) is 14.3. The number of sulfonamides is 1. The molecule has 1 aromatic rings. The van der Waals surface area contributed by atoms with Gasteiger partial charge in [0.15, 0.2) is 0 Å². The van der Waals surface area contributed by atoms with Gasteiger partial charge in [-0.25, -0.2) is 12.8 Å². The van der Waals surface area contributed by atoms with E-state index < -0.39 is 15.8 Å². The molecule has 0 radical (unpaired) electrons. The van der Waals surface area contributed by atoms with Crippen LogP contribution in [0.1, 0.15) is 6.92 Å². The van der Waals surface area contributed by atoms with Gasteiger partial charge in [-0.2, -0.15) is 0 Å². The van der Waals surface area contributed by atoms with Crippen molar-refractivity contribution in [3.8, 4) is 0 Å². The van der Waals surface area contributed by atoms with Crippen molar-refractivity contribution in [2.75, 3.05) is 23.0 Å². The first-order chi connectivity index (χ1) is 7.86. The molecular formula is C11H15ClFNO2S. The zero-order chi connectivity index (χ0) is 13.1. The summed E-state index contributed by atoms with van der Waals surface area (Å²) in [4.78, 5) is 0. The number of nitrogens with zero attached hydrogens (tertiary/aromatic N) is 1. The van der Waals surface area contributed by atoms with Crippen LogP contribution in [0.15, 0.2) is 24.3 Å². The zero-order valence-electron chi connectivity index (χ0n) is 9.73. The molecule has 0 spiro atoms. The molecule has 0 aromatic heterocycles. The van der Waals surface area contributed by atoms with Crippen molar-refractivity contribution >= 4 is 27.3 Å². The molecule has 0 aliphatic carbocycles. The van der Waals surface area contributed by atoms with Crippen LogP contribution in [0.5, 0.6) is 0 Å². The molecule has 1 rings (SSSR count). The maximum absolute atomic E-state index is 13.0. The van der Waals surface area contributed by atoms with E-state index in [0.29, 0.717) is 5.69 Å². The number of hydrogen-bond donors (Lipinski definition) is 0. The predicted octanol–water partition coefficient (Wildman–Crippen LogP) is 2.47. The van der Waals surface area contributed by atoms with Crippen LogP contribution in [-0.4, -0.2) is 27.1 Å². The highest BCUT2D eigenvalue weighted by Gasteiger charge is 2.21. The first-order valence-corrected chi connectivity index (χ1v) is 7.29. The summed E-state index contributed by atoms with van der Waals surface area (Å²) in [6, 6.07) is 5.47. The highest BCUT2D eigenvalue weighted by molar-refractivity contribution is 7.92. The molecule has 0 saturated carbocycles. The second kappa shape index (κ2) is 5.69. The third kappa shape index (κ3) is 3.85. The van der Waals surface area contributed by atoms with Crippen molar-refractivity contribution < 1.29 is 12.8 Å². The van der Waals surface area contributed by atoms with E-state index >= 15 is 0 Å². The standard InChI is InChI=1S/C11H15ClFNO2S/c1-9(7-12)8-17(15,16)14(2)11-5-3-4-10(13)6-11/h3-6,9H,7-8H2,1-2H3. The topological polar surface area (TPSA) is 37.4 Å². The highest BCUT2D eigenvalue weighted by atomic mass is 35.5. The number of halogens is 2. The van der Waals surface area contributed by atoms with Gasteiger partial charge >= 0.3 is 0 Å². The lowest BCUT2D eigenvalue weighted by molar-refractivity contribution is 0.581. The molecule has 0 bridgehead atoms. The van der Waals surface area contributed by atoms with Crippen LogP contribution >= 0.6 is 11.6 Å². The van der Waals surface area contributed by atoms with Gasteiger partial charge in [-0.05, 0) is 24.1 Å². The fraction of sp³-hybridized carbons (Fsp3) is 0.455. The molecule has 0 heterocycles. The van der Waals surface area contributed by atoms with Crippen LogP contribution < -0.4 is 4.31 Å². The Balaban J connectivity index is 2.92. The quantitative estimate of drug-likeness (QED) is 0.777. The van der Waals surface area contributed by atoms with E-state index in [1.54, 1.807) is 13.0 Å². The maximum atomic E-state index is 13.0. The fourth-order valence-electron chi connectivity index (χ4n) is 1.35. The number of benzene rings is 1. The molecule has 1 atom stereocenters. The average Bonchev–Trinajstić information content (AvgIpc) is 2.27. The molecule has 3 nitrogen and oxygen atoms in total. The average molecular weight is 280 g/mol. The summed E-state index contributed by atoms with van der Waals surface area (Å²) >= 11 is 5.59. The summed E-state index contributed by atoms with van der Waals surface area (Å²) in [6.45, 7) is 1.75. The minimum Gasteiger partial charge on any atom is -0.273 e. The van der Waals surface area contributed by atoms with Gasteiger partial charge in [0.2, 0.25) is 10.0 Å². The van der Waals surface area contributed by atoms with E-state index in [2.05, 4.69) is 0 Å².